The van der Waals surface area contributed by atoms with Gasteiger partial charge in [0.15, 0.2) is 0 Å². The van der Waals surface area contributed by atoms with Crippen LogP contribution in [0.5, 0.6) is 0 Å². The third-order valence-electron chi connectivity index (χ3n) is 2.35. The van der Waals surface area contributed by atoms with Gasteiger partial charge in [0.25, 0.3) is 0 Å². The van der Waals surface area contributed by atoms with Crippen LogP contribution < -0.4 is 5.32 Å². The van der Waals surface area contributed by atoms with Crippen LogP contribution in [-0.4, -0.2) is 6.54 Å². The Morgan fingerprint density at radius 1 is 1.33 bits per heavy atom. The average Bonchev–Trinajstić information content (AvgIpc) is 2.89. The van der Waals surface area contributed by atoms with Crippen LogP contribution in [0.1, 0.15) is 31.2 Å². The van der Waals surface area contributed by atoms with Crippen molar-refractivity contribution in [3.8, 4) is 0 Å². The van der Waals surface area contributed by atoms with E-state index in [2.05, 4.69) is 36.5 Å². The molecule has 64 valence electrons. The molecule has 1 aromatic rings. The monoisotopic (exact) mass is 161 g/mol. The molecule has 0 radical (unpaired) electrons. The van der Waals surface area contributed by atoms with E-state index in [0.717, 1.165) is 12.5 Å². The summed E-state index contributed by atoms with van der Waals surface area (Å²) >= 11 is 0. The van der Waals surface area contributed by atoms with Crippen LogP contribution in [0.2, 0.25) is 0 Å². The molecule has 1 aliphatic rings. The van der Waals surface area contributed by atoms with Crippen LogP contribution in [0, 0.1) is 0 Å². The molecule has 0 amide bonds. The second kappa shape index (κ2) is 3.18. The van der Waals surface area contributed by atoms with Gasteiger partial charge in [-0.05, 0) is 37.3 Å². The van der Waals surface area contributed by atoms with Crippen LogP contribution in [0.4, 0.5) is 5.69 Å². The van der Waals surface area contributed by atoms with Crippen molar-refractivity contribution in [2.75, 3.05) is 11.9 Å². The number of anilines is 1. The van der Waals surface area contributed by atoms with Crippen LogP contribution in [-0.2, 0) is 0 Å². The Morgan fingerprint density at radius 3 is 2.75 bits per heavy atom. The van der Waals surface area contributed by atoms with E-state index in [4.69, 9.17) is 0 Å². The number of para-hydroxylation sites is 1. The average molecular weight is 161 g/mol. The maximum absolute atomic E-state index is 3.40. The summed E-state index contributed by atoms with van der Waals surface area (Å²) in [4.78, 5) is 0. The molecule has 1 nitrogen and oxygen atoms in total. The van der Waals surface area contributed by atoms with Crippen molar-refractivity contribution >= 4 is 5.69 Å². The molecule has 0 aliphatic heterocycles. The lowest BCUT2D eigenvalue weighted by Crippen LogP contribution is -1.99. The quantitative estimate of drug-likeness (QED) is 0.718. The van der Waals surface area contributed by atoms with Gasteiger partial charge >= 0.3 is 0 Å². The molecule has 1 fully saturated rings. The fraction of sp³-hybridized carbons (Fsp3) is 0.455. The Morgan fingerprint density at radius 2 is 2.08 bits per heavy atom. The van der Waals surface area contributed by atoms with Gasteiger partial charge in [0.2, 0.25) is 0 Å². The Kier molecular flexibility index (Phi) is 2.03. The van der Waals surface area contributed by atoms with Gasteiger partial charge in [0.1, 0.15) is 0 Å². The summed E-state index contributed by atoms with van der Waals surface area (Å²) in [5.41, 5.74) is 2.85. The van der Waals surface area contributed by atoms with Crippen molar-refractivity contribution in [2.24, 2.45) is 0 Å². The van der Waals surface area contributed by atoms with Crippen molar-refractivity contribution in [1.29, 1.82) is 0 Å². The number of hydrogen-bond acceptors (Lipinski definition) is 1. The van der Waals surface area contributed by atoms with Crippen LogP contribution in [0.25, 0.3) is 0 Å². The standard InChI is InChI=1S/C11H15N/c1-2-12-11-6-4-3-5-10(11)9-7-8-9/h3-6,9,12H,2,7-8H2,1H3. The zero-order valence-electron chi connectivity index (χ0n) is 7.51. The van der Waals surface area contributed by atoms with E-state index in [0.29, 0.717) is 0 Å². The third-order valence-corrected chi connectivity index (χ3v) is 2.35. The fourth-order valence-corrected chi connectivity index (χ4v) is 1.60. The van der Waals surface area contributed by atoms with Crippen molar-refractivity contribution in [3.63, 3.8) is 0 Å². The van der Waals surface area contributed by atoms with Gasteiger partial charge in [-0.25, -0.2) is 0 Å². The summed E-state index contributed by atoms with van der Waals surface area (Å²) in [6.07, 6.45) is 2.75. The van der Waals surface area contributed by atoms with E-state index in [1.165, 1.54) is 24.1 Å². The van der Waals surface area contributed by atoms with Crippen molar-refractivity contribution in [2.45, 2.75) is 25.7 Å². The molecule has 1 N–H and O–H groups in total. The number of nitrogens with one attached hydrogen (secondary N) is 1. The molecule has 0 unspecified atom stereocenters. The minimum atomic E-state index is 0.847. The molecule has 12 heavy (non-hydrogen) atoms. The first-order valence-corrected chi connectivity index (χ1v) is 4.74. The second-order valence-corrected chi connectivity index (χ2v) is 3.39. The fourth-order valence-electron chi connectivity index (χ4n) is 1.60. The molecule has 0 saturated heterocycles. The lowest BCUT2D eigenvalue weighted by Gasteiger charge is -2.08. The molecular formula is C11H15N. The van der Waals surface area contributed by atoms with Gasteiger partial charge < -0.3 is 5.32 Å². The molecule has 1 heteroatoms. The van der Waals surface area contributed by atoms with Crippen LogP contribution >= 0.6 is 0 Å². The molecule has 0 atom stereocenters. The highest BCUT2D eigenvalue weighted by atomic mass is 14.9. The van der Waals surface area contributed by atoms with E-state index < -0.39 is 0 Å². The van der Waals surface area contributed by atoms with Gasteiger partial charge in [-0.15, -0.1) is 0 Å². The normalized spacial score (nSPS) is 16.1. The maximum atomic E-state index is 3.40. The summed E-state index contributed by atoms with van der Waals surface area (Å²) in [5.74, 6) is 0.847. The molecule has 0 heterocycles. The Bertz CT molecular complexity index is 263. The highest BCUT2D eigenvalue weighted by Crippen LogP contribution is 2.43. The predicted molar refractivity (Wildman–Crippen MR) is 52.6 cm³/mol. The molecule has 0 bridgehead atoms. The molecular weight excluding hydrogens is 146 g/mol. The van der Waals surface area contributed by atoms with E-state index in [-0.39, 0.29) is 0 Å². The molecule has 1 saturated carbocycles. The summed E-state index contributed by atoms with van der Waals surface area (Å²) < 4.78 is 0. The first kappa shape index (κ1) is 7.66. The maximum Gasteiger partial charge on any atom is 0.0375 e. The predicted octanol–water partition coefficient (Wildman–Crippen LogP) is 3.00. The number of rotatable bonds is 3. The van der Waals surface area contributed by atoms with E-state index in [9.17, 15) is 0 Å². The molecule has 0 aromatic heterocycles. The van der Waals surface area contributed by atoms with E-state index >= 15 is 0 Å². The van der Waals surface area contributed by atoms with E-state index in [1.807, 2.05) is 0 Å². The van der Waals surface area contributed by atoms with Gasteiger partial charge in [0, 0.05) is 12.2 Å². The number of hydrogen-bond donors (Lipinski definition) is 1. The summed E-state index contributed by atoms with van der Waals surface area (Å²) in [6, 6.07) is 8.66. The summed E-state index contributed by atoms with van der Waals surface area (Å²) in [7, 11) is 0. The first-order valence-electron chi connectivity index (χ1n) is 4.74. The van der Waals surface area contributed by atoms with Gasteiger partial charge in [-0.3, -0.25) is 0 Å². The molecule has 1 aliphatic carbocycles. The van der Waals surface area contributed by atoms with Crippen LogP contribution in [0.3, 0.4) is 0 Å². The minimum absolute atomic E-state index is 0.847. The topological polar surface area (TPSA) is 12.0 Å². The third kappa shape index (κ3) is 1.45. The first-order chi connectivity index (χ1) is 5.92. The highest BCUT2D eigenvalue weighted by Gasteiger charge is 2.25. The second-order valence-electron chi connectivity index (χ2n) is 3.39. The lowest BCUT2D eigenvalue weighted by atomic mass is 10.1. The SMILES string of the molecule is CCNc1ccccc1C1CC1. The molecule has 2 rings (SSSR count). The zero-order chi connectivity index (χ0) is 8.39. The van der Waals surface area contributed by atoms with Crippen molar-refractivity contribution < 1.29 is 0 Å². The highest BCUT2D eigenvalue weighted by molar-refractivity contribution is 5.53. The summed E-state index contributed by atoms with van der Waals surface area (Å²) in [6.45, 7) is 3.16. The number of benzene rings is 1. The molecule has 0 spiro atoms. The zero-order valence-corrected chi connectivity index (χ0v) is 7.51. The van der Waals surface area contributed by atoms with Crippen molar-refractivity contribution in [1.82, 2.24) is 0 Å². The van der Waals surface area contributed by atoms with Crippen molar-refractivity contribution in [3.05, 3.63) is 29.8 Å². The minimum Gasteiger partial charge on any atom is -0.385 e. The van der Waals surface area contributed by atoms with Gasteiger partial charge in [-0.1, -0.05) is 18.2 Å². The van der Waals surface area contributed by atoms with Gasteiger partial charge in [-0.2, -0.15) is 0 Å². The summed E-state index contributed by atoms with van der Waals surface area (Å²) in [5, 5.41) is 3.40. The largest absolute Gasteiger partial charge is 0.385 e. The molecule has 1 aromatic carbocycles. The smallest absolute Gasteiger partial charge is 0.0375 e. The van der Waals surface area contributed by atoms with E-state index in [1.54, 1.807) is 0 Å². The Labute approximate surface area is 73.8 Å². The Hall–Kier alpha value is -0.980. The Balaban J connectivity index is 2.24. The van der Waals surface area contributed by atoms with Gasteiger partial charge in [0.05, 0.1) is 0 Å². The van der Waals surface area contributed by atoms with Crippen LogP contribution in [0.15, 0.2) is 24.3 Å². The lowest BCUT2D eigenvalue weighted by molar-refractivity contribution is 1.10.